The summed E-state index contributed by atoms with van der Waals surface area (Å²) < 4.78 is 28.2. The van der Waals surface area contributed by atoms with Crippen molar-refractivity contribution in [2.24, 2.45) is 5.92 Å². The zero-order chi connectivity index (χ0) is 15.0. The molecule has 0 spiro atoms. The molecule has 21 heavy (non-hydrogen) atoms. The Morgan fingerprint density at radius 3 is 2.86 bits per heavy atom. The molecule has 2 saturated heterocycles. The van der Waals surface area contributed by atoms with Crippen LogP contribution in [0.3, 0.4) is 0 Å². The molecule has 3 rings (SSSR count). The highest BCUT2D eigenvalue weighted by atomic mass is 32.2. The molecular weight excluding hydrogens is 294 g/mol. The lowest BCUT2D eigenvalue weighted by molar-refractivity contribution is -0.135. The van der Waals surface area contributed by atoms with Crippen LogP contribution in [0.15, 0.2) is 4.52 Å². The number of carbonyl (C=O) groups is 1. The van der Waals surface area contributed by atoms with E-state index in [4.69, 9.17) is 4.52 Å². The Hall–Kier alpha value is -1.44. The number of hydrogen-bond acceptors (Lipinski definition) is 6. The van der Waals surface area contributed by atoms with Gasteiger partial charge in [0.15, 0.2) is 15.7 Å². The number of amides is 1. The van der Waals surface area contributed by atoms with E-state index in [1.807, 2.05) is 6.92 Å². The second-order valence-electron chi connectivity index (χ2n) is 5.69. The van der Waals surface area contributed by atoms with Crippen molar-refractivity contribution in [2.45, 2.75) is 38.6 Å². The molecule has 0 bridgehead atoms. The second kappa shape index (κ2) is 5.40. The van der Waals surface area contributed by atoms with Gasteiger partial charge in [0, 0.05) is 13.0 Å². The summed E-state index contributed by atoms with van der Waals surface area (Å²) in [5, 5.41) is 3.96. The number of sulfone groups is 1. The summed E-state index contributed by atoms with van der Waals surface area (Å²) in [6.07, 6.45) is 2.77. The fourth-order valence-corrected chi connectivity index (χ4v) is 4.80. The quantitative estimate of drug-likeness (QED) is 0.816. The number of nitrogens with zero attached hydrogens (tertiary/aromatic N) is 3. The number of carbonyl (C=O) groups excluding carboxylic acids is 1. The van der Waals surface area contributed by atoms with Gasteiger partial charge in [-0.1, -0.05) is 12.1 Å². The Kier molecular flexibility index (Phi) is 3.73. The van der Waals surface area contributed by atoms with E-state index in [-0.39, 0.29) is 23.5 Å². The van der Waals surface area contributed by atoms with E-state index in [1.165, 1.54) is 0 Å². The predicted octanol–water partition coefficient (Wildman–Crippen LogP) is 0.730. The van der Waals surface area contributed by atoms with Crippen LogP contribution in [-0.4, -0.2) is 47.4 Å². The van der Waals surface area contributed by atoms with Crippen LogP contribution in [0.25, 0.3) is 0 Å². The summed E-state index contributed by atoms with van der Waals surface area (Å²) in [7, 11) is -3.05. The molecule has 2 atom stereocenters. The van der Waals surface area contributed by atoms with Crippen molar-refractivity contribution in [3.05, 3.63) is 11.7 Å². The smallest absolute Gasteiger partial charge is 0.227 e. The molecule has 2 aliphatic rings. The van der Waals surface area contributed by atoms with Gasteiger partial charge in [-0.3, -0.25) is 4.79 Å². The van der Waals surface area contributed by atoms with Crippen molar-refractivity contribution in [2.75, 3.05) is 18.1 Å². The second-order valence-corrected chi connectivity index (χ2v) is 7.92. The molecule has 0 unspecified atom stereocenters. The summed E-state index contributed by atoms with van der Waals surface area (Å²) in [5.41, 5.74) is 0. The standard InChI is InChI=1S/C13H19N3O4S/c1-2-11-14-12(15-20-11)10-4-3-6-16(10)13(17)9-5-7-21(18,19)8-9/h9-10H,2-8H2,1H3/t9-,10-/m1/s1. The van der Waals surface area contributed by atoms with E-state index in [1.54, 1.807) is 4.90 Å². The van der Waals surface area contributed by atoms with Crippen LogP contribution in [0.1, 0.15) is 43.9 Å². The molecular formula is C13H19N3O4S. The Morgan fingerprint density at radius 2 is 2.24 bits per heavy atom. The Bertz CT molecular complexity index is 640. The number of aromatic nitrogens is 2. The van der Waals surface area contributed by atoms with E-state index >= 15 is 0 Å². The van der Waals surface area contributed by atoms with Crippen molar-refractivity contribution in [3.63, 3.8) is 0 Å². The van der Waals surface area contributed by atoms with Crippen LogP contribution >= 0.6 is 0 Å². The molecule has 1 aromatic rings. The maximum absolute atomic E-state index is 12.6. The van der Waals surface area contributed by atoms with Gasteiger partial charge in [-0.05, 0) is 19.3 Å². The molecule has 2 aliphatic heterocycles. The summed E-state index contributed by atoms with van der Waals surface area (Å²) >= 11 is 0. The van der Waals surface area contributed by atoms with Crippen molar-refractivity contribution >= 4 is 15.7 Å². The van der Waals surface area contributed by atoms with Crippen molar-refractivity contribution < 1.29 is 17.7 Å². The van der Waals surface area contributed by atoms with Gasteiger partial charge in [0.2, 0.25) is 11.8 Å². The van der Waals surface area contributed by atoms with Crippen molar-refractivity contribution in [3.8, 4) is 0 Å². The molecule has 0 radical (unpaired) electrons. The molecule has 0 N–H and O–H groups in total. The third-order valence-electron chi connectivity index (χ3n) is 4.20. The number of likely N-dealkylation sites (tertiary alicyclic amines) is 1. The molecule has 0 saturated carbocycles. The Balaban J connectivity index is 1.76. The molecule has 7 nitrogen and oxygen atoms in total. The SMILES string of the molecule is CCc1nc([C@H]2CCCN2C(=O)[C@@H]2CCS(=O)(=O)C2)no1. The lowest BCUT2D eigenvalue weighted by Gasteiger charge is -2.24. The minimum Gasteiger partial charge on any atom is -0.339 e. The molecule has 2 fully saturated rings. The van der Waals surface area contributed by atoms with Crippen LogP contribution in [0.4, 0.5) is 0 Å². The first-order chi connectivity index (χ1) is 10.00. The van der Waals surface area contributed by atoms with Crippen molar-refractivity contribution in [1.82, 2.24) is 15.0 Å². The van der Waals surface area contributed by atoms with Gasteiger partial charge in [0.05, 0.1) is 23.5 Å². The van der Waals surface area contributed by atoms with Gasteiger partial charge in [-0.2, -0.15) is 4.98 Å². The van der Waals surface area contributed by atoms with Gasteiger partial charge in [0.1, 0.15) is 0 Å². The lowest BCUT2D eigenvalue weighted by Crippen LogP contribution is -2.36. The molecule has 0 aliphatic carbocycles. The van der Waals surface area contributed by atoms with E-state index in [0.717, 1.165) is 12.8 Å². The topological polar surface area (TPSA) is 93.4 Å². The fraction of sp³-hybridized carbons (Fsp3) is 0.769. The normalized spacial score (nSPS) is 28.1. The molecule has 1 aromatic heterocycles. The molecule has 0 aromatic carbocycles. The number of aryl methyl sites for hydroxylation is 1. The van der Waals surface area contributed by atoms with Crippen LogP contribution in [0.2, 0.25) is 0 Å². The maximum atomic E-state index is 12.6. The summed E-state index contributed by atoms with van der Waals surface area (Å²) in [5.74, 6) is 0.701. The highest BCUT2D eigenvalue weighted by Crippen LogP contribution is 2.33. The molecule has 3 heterocycles. The number of hydrogen-bond donors (Lipinski definition) is 0. The van der Waals surface area contributed by atoms with Crippen LogP contribution < -0.4 is 0 Å². The monoisotopic (exact) mass is 313 g/mol. The summed E-state index contributed by atoms with van der Waals surface area (Å²) in [6, 6.07) is -0.176. The molecule has 116 valence electrons. The van der Waals surface area contributed by atoms with E-state index in [9.17, 15) is 13.2 Å². The number of rotatable bonds is 3. The zero-order valence-electron chi connectivity index (χ0n) is 12.0. The van der Waals surface area contributed by atoms with Gasteiger partial charge < -0.3 is 9.42 Å². The Morgan fingerprint density at radius 1 is 1.43 bits per heavy atom. The zero-order valence-corrected chi connectivity index (χ0v) is 12.8. The molecule has 8 heteroatoms. The van der Waals surface area contributed by atoms with E-state index in [2.05, 4.69) is 10.1 Å². The first-order valence-corrected chi connectivity index (χ1v) is 9.15. The highest BCUT2D eigenvalue weighted by Gasteiger charge is 2.40. The largest absolute Gasteiger partial charge is 0.339 e. The average molecular weight is 313 g/mol. The van der Waals surface area contributed by atoms with Gasteiger partial charge >= 0.3 is 0 Å². The summed E-state index contributed by atoms with van der Waals surface area (Å²) in [6.45, 7) is 2.56. The van der Waals surface area contributed by atoms with Gasteiger partial charge in [-0.25, -0.2) is 8.42 Å². The van der Waals surface area contributed by atoms with Crippen molar-refractivity contribution in [1.29, 1.82) is 0 Å². The average Bonchev–Trinajstić information content (AvgIpc) is 3.15. The maximum Gasteiger partial charge on any atom is 0.227 e. The van der Waals surface area contributed by atoms with E-state index in [0.29, 0.717) is 31.1 Å². The fourth-order valence-electron chi connectivity index (χ4n) is 3.07. The first-order valence-electron chi connectivity index (χ1n) is 7.33. The first kappa shape index (κ1) is 14.5. The van der Waals surface area contributed by atoms with Gasteiger partial charge in [-0.15, -0.1) is 0 Å². The highest BCUT2D eigenvalue weighted by molar-refractivity contribution is 7.91. The van der Waals surface area contributed by atoms with Crippen LogP contribution in [0, 0.1) is 5.92 Å². The third kappa shape index (κ3) is 2.81. The molecule has 1 amide bonds. The Labute approximate surface area is 123 Å². The predicted molar refractivity (Wildman–Crippen MR) is 74.1 cm³/mol. The third-order valence-corrected chi connectivity index (χ3v) is 5.97. The lowest BCUT2D eigenvalue weighted by atomic mass is 10.1. The van der Waals surface area contributed by atoms with Gasteiger partial charge in [0.25, 0.3) is 0 Å². The van der Waals surface area contributed by atoms with Crippen LogP contribution in [-0.2, 0) is 21.1 Å². The minimum atomic E-state index is -3.05. The summed E-state index contributed by atoms with van der Waals surface area (Å²) in [4.78, 5) is 18.6. The van der Waals surface area contributed by atoms with Crippen LogP contribution in [0.5, 0.6) is 0 Å². The minimum absolute atomic E-state index is 0.0263. The van der Waals surface area contributed by atoms with E-state index < -0.39 is 15.8 Å².